The van der Waals surface area contributed by atoms with E-state index in [0.29, 0.717) is 12.8 Å². The number of nitro benzene ring substituents is 1. The van der Waals surface area contributed by atoms with Crippen molar-refractivity contribution in [2.45, 2.75) is 58.6 Å². The smallest absolute Gasteiger partial charge is 0.407 e. The van der Waals surface area contributed by atoms with Crippen molar-refractivity contribution < 1.29 is 23.6 Å². The molecule has 0 bridgehead atoms. The molecule has 29 heavy (non-hydrogen) atoms. The second kappa shape index (κ2) is 9.99. The number of benzene rings is 1. The fourth-order valence-electron chi connectivity index (χ4n) is 2.56. The Kier molecular flexibility index (Phi) is 8.29. The van der Waals surface area contributed by atoms with Crippen LogP contribution in [0.15, 0.2) is 24.3 Å². The molecule has 0 fully saturated rings. The summed E-state index contributed by atoms with van der Waals surface area (Å²) in [5.41, 5.74) is -1.68. The molecule has 0 unspecified atom stereocenters. The maximum absolute atomic E-state index is 13.2. The van der Waals surface area contributed by atoms with Gasteiger partial charge in [-0.05, 0) is 51.8 Å². The van der Waals surface area contributed by atoms with Gasteiger partial charge in [0, 0.05) is 12.6 Å². The lowest BCUT2D eigenvalue weighted by Crippen LogP contribution is -2.55. The van der Waals surface area contributed by atoms with Crippen LogP contribution in [-0.4, -0.2) is 34.6 Å². The highest BCUT2D eigenvalue weighted by molar-refractivity contribution is 5.92. The summed E-state index contributed by atoms with van der Waals surface area (Å²) in [6.07, 6.45) is 2.89. The van der Waals surface area contributed by atoms with Crippen molar-refractivity contribution in [2.75, 3.05) is 6.54 Å². The molecule has 9 heteroatoms. The second-order valence-corrected chi connectivity index (χ2v) is 7.63. The standard InChI is InChI=1S/C20H28FN3O5/c1-6-20(7-2,13-22-18(26)29-19(3,4)5)23-17(25)11-9-14-8-10-15(21)12-16(14)24(27)28/h8-12H,6-7,13H2,1-5H3,(H,22,26)(H,23,25). The van der Waals surface area contributed by atoms with Crippen LogP contribution in [0.5, 0.6) is 0 Å². The number of nitrogens with one attached hydrogen (secondary N) is 2. The predicted molar refractivity (Wildman–Crippen MR) is 108 cm³/mol. The Labute approximate surface area is 169 Å². The van der Waals surface area contributed by atoms with Gasteiger partial charge in [0.25, 0.3) is 5.69 Å². The van der Waals surface area contributed by atoms with E-state index >= 15 is 0 Å². The molecule has 0 aliphatic rings. The van der Waals surface area contributed by atoms with Gasteiger partial charge in [0.2, 0.25) is 5.91 Å². The number of halogens is 1. The molecule has 1 aromatic carbocycles. The molecule has 0 atom stereocenters. The third-order valence-corrected chi connectivity index (χ3v) is 4.32. The fraction of sp³-hybridized carbons (Fsp3) is 0.500. The number of rotatable bonds is 8. The molecule has 0 aromatic heterocycles. The Hall–Kier alpha value is -2.97. The van der Waals surface area contributed by atoms with Gasteiger partial charge < -0.3 is 15.4 Å². The Bertz CT molecular complexity index is 783. The maximum Gasteiger partial charge on any atom is 0.407 e. The highest BCUT2D eigenvalue weighted by Gasteiger charge is 2.29. The van der Waals surface area contributed by atoms with Gasteiger partial charge in [-0.1, -0.05) is 13.8 Å². The molecule has 0 heterocycles. The maximum atomic E-state index is 13.2. The summed E-state index contributed by atoms with van der Waals surface area (Å²) in [7, 11) is 0. The Morgan fingerprint density at radius 3 is 2.38 bits per heavy atom. The van der Waals surface area contributed by atoms with Crippen LogP contribution in [0, 0.1) is 15.9 Å². The summed E-state index contributed by atoms with van der Waals surface area (Å²) in [6, 6.07) is 3.11. The van der Waals surface area contributed by atoms with Crippen molar-refractivity contribution >= 4 is 23.8 Å². The average molecular weight is 409 g/mol. The number of ether oxygens (including phenoxy) is 1. The number of nitro groups is 1. The monoisotopic (exact) mass is 409 g/mol. The highest BCUT2D eigenvalue weighted by Crippen LogP contribution is 2.21. The van der Waals surface area contributed by atoms with Crippen LogP contribution in [0.2, 0.25) is 0 Å². The minimum atomic E-state index is -0.734. The predicted octanol–water partition coefficient (Wildman–Crippen LogP) is 3.95. The van der Waals surface area contributed by atoms with Crippen molar-refractivity contribution in [3.05, 3.63) is 45.8 Å². The lowest BCUT2D eigenvalue weighted by Gasteiger charge is -2.33. The lowest BCUT2D eigenvalue weighted by atomic mass is 9.92. The van der Waals surface area contributed by atoms with Crippen LogP contribution < -0.4 is 10.6 Å². The minimum absolute atomic E-state index is 0.108. The number of hydrogen-bond acceptors (Lipinski definition) is 5. The molecule has 1 aromatic rings. The average Bonchev–Trinajstić information content (AvgIpc) is 2.62. The zero-order chi connectivity index (χ0) is 22.2. The van der Waals surface area contributed by atoms with Crippen molar-refractivity contribution in [2.24, 2.45) is 0 Å². The van der Waals surface area contributed by atoms with Crippen LogP contribution in [0.3, 0.4) is 0 Å². The van der Waals surface area contributed by atoms with Crippen molar-refractivity contribution in [1.29, 1.82) is 0 Å². The van der Waals surface area contributed by atoms with Crippen molar-refractivity contribution in [1.82, 2.24) is 10.6 Å². The quantitative estimate of drug-likeness (QED) is 0.384. The first kappa shape index (κ1) is 24.1. The molecule has 0 saturated carbocycles. The van der Waals surface area contributed by atoms with Crippen LogP contribution in [0.1, 0.15) is 53.0 Å². The van der Waals surface area contributed by atoms with Gasteiger partial charge in [0.15, 0.2) is 0 Å². The number of hydrogen-bond donors (Lipinski definition) is 2. The highest BCUT2D eigenvalue weighted by atomic mass is 19.1. The van der Waals surface area contributed by atoms with Gasteiger partial charge in [-0.3, -0.25) is 14.9 Å². The minimum Gasteiger partial charge on any atom is -0.444 e. The Morgan fingerprint density at radius 1 is 1.24 bits per heavy atom. The van der Waals surface area contributed by atoms with Crippen molar-refractivity contribution in [3.8, 4) is 0 Å². The molecular formula is C20H28FN3O5. The van der Waals surface area contributed by atoms with Gasteiger partial charge in [-0.2, -0.15) is 0 Å². The summed E-state index contributed by atoms with van der Waals surface area (Å²) < 4.78 is 18.4. The van der Waals surface area contributed by atoms with E-state index in [4.69, 9.17) is 4.74 Å². The van der Waals surface area contributed by atoms with E-state index < -0.39 is 39.6 Å². The molecule has 1 rings (SSSR count). The zero-order valence-corrected chi connectivity index (χ0v) is 17.4. The number of carbonyl (C=O) groups is 2. The third-order valence-electron chi connectivity index (χ3n) is 4.32. The number of carbonyl (C=O) groups excluding carboxylic acids is 2. The first-order valence-electron chi connectivity index (χ1n) is 9.32. The number of alkyl carbamates (subject to hydrolysis) is 1. The van der Waals surface area contributed by atoms with Gasteiger partial charge in [-0.15, -0.1) is 0 Å². The van der Waals surface area contributed by atoms with Crippen molar-refractivity contribution in [3.63, 3.8) is 0 Å². The molecule has 0 spiro atoms. The molecule has 0 saturated heterocycles. The van der Waals surface area contributed by atoms with Crippen LogP contribution >= 0.6 is 0 Å². The van der Waals surface area contributed by atoms with Gasteiger partial charge in [0.1, 0.15) is 11.4 Å². The van der Waals surface area contributed by atoms with E-state index in [0.717, 1.165) is 18.2 Å². The first-order chi connectivity index (χ1) is 13.4. The van der Waals surface area contributed by atoms with E-state index in [1.54, 1.807) is 20.8 Å². The third kappa shape index (κ3) is 7.89. The molecule has 2 N–H and O–H groups in total. The second-order valence-electron chi connectivity index (χ2n) is 7.63. The molecule has 8 nitrogen and oxygen atoms in total. The summed E-state index contributed by atoms with van der Waals surface area (Å²) in [4.78, 5) is 34.6. The van der Waals surface area contributed by atoms with Gasteiger partial charge in [-0.25, -0.2) is 9.18 Å². The SMILES string of the molecule is CCC(CC)(CNC(=O)OC(C)(C)C)NC(=O)C=Cc1ccc(F)cc1[N+](=O)[O-]. The summed E-state index contributed by atoms with van der Waals surface area (Å²) in [5.74, 6) is -1.22. The van der Waals surface area contributed by atoms with E-state index in [9.17, 15) is 24.1 Å². The summed E-state index contributed by atoms with van der Waals surface area (Å²) in [5, 5.41) is 16.5. The summed E-state index contributed by atoms with van der Waals surface area (Å²) in [6.45, 7) is 9.15. The van der Waals surface area contributed by atoms with E-state index in [-0.39, 0.29) is 12.1 Å². The fourth-order valence-corrected chi connectivity index (χ4v) is 2.56. The first-order valence-corrected chi connectivity index (χ1v) is 9.32. The van der Waals surface area contributed by atoms with Gasteiger partial charge in [0.05, 0.1) is 22.1 Å². The van der Waals surface area contributed by atoms with Crippen LogP contribution in [0.25, 0.3) is 6.08 Å². The Balaban J connectivity index is 2.86. The molecular weight excluding hydrogens is 381 g/mol. The topological polar surface area (TPSA) is 111 Å². The lowest BCUT2D eigenvalue weighted by molar-refractivity contribution is -0.385. The number of amides is 2. The molecule has 0 aliphatic heterocycles. The Morgan fingerprint density at radius 2 is 1.86 bits per heavy atom. The van der Waals surface area contributed by atoms with E-state index in [1.807, 2.05) is 13.8 Å². The van der Waals surface area contributed by atoms with Gasteiger partial charge >= 0.3 is 6.09 Å². The molecule has 160 valence electrons. The van der Waals surface area contributed by atoms with Crippen LogP contribution in [-0.2, 0) is 9.53 Å². The van der Waals surface area contributed by atoms with Crippen LogP contribution in [0.4, 0.5) is 14.9 Å². The largest absolute Gasteiger partial charge is 0.444 e. The molecule has 0 aliphatic carbocycles. The summed E-state index contributed by atoms with van der Waals surface area (Å²) >= 11 is 0. The zero-order valence-electron chi connectivity index (χ0n) is 17.4. The normalized spacial score (nSPS) is 11.9. The van der Waals surface area contributed by atoms with E-state index in [2.05, 4.69) is 10.6 Å². The molecule has 2 amide bonds. The molecule has 0 radical (unpaired) electrons. The number of nitrogens with zero attached hydrogens (tertiary/aromatic N) is 1. The van der Waals surface area contributed by atoms with E-state index in [1.165, 1.54) is 12.1 Å².